The van der Waals surface area contributed by atoms with E-state index >= 15 is 0 Å². The minimum Gasteiger partial charge on any atom is -0.356 e. The summed E-state index contributed by atoms with van der Waals surface area (Å²) in [5.74, 6) is 2.07. The first-order chi connectivity index (χ1) is 9.71. The molecule has 1 amide bonds. The van der Waals surface area contributed by atoms with E-state index in [9.17, 15) is 4.79 Å². The van der Waals surface area contributed by atoms with E-state index in [1.54, 1.807) is 0 Å². The first-order valence-electron chi connectivity index (χ1n) is 7.93. The van der Waals surface area contributed by atoms with Gasteiger partial charge in [0.15, 0.2) is 5.96 Å². The fraction of sp³-hybridized carbons (Fsp3) is 0.867. The topological polar surface area (TPSA) is 56.7 Å². The number of carbonyl (C=O) groups excluding carboxylic acids is 1. The SMILES string of the molecule is CN=C(NCC1CCC1)N1CCCC2(CNC(=O)C2)C1. The molecule has 2 N–H and O–H groups in total. The van der Waals surface area contributed by atoms with E-state index in [1.807, 2.05) is 7.05 Å². The summed E-state index contributed by atoms with van der Waals surface area (Å²) in [4.78, 5) is 18.3. The molecule has 3 fully saturated rings. The highest BCUT2D eigenvalue weighted by Crippen LogP contribution is 2.36. The number of rotatable bonds is 2. The number of likely N-dealkylation sites (tertiary alicyclic amines) is 1. The number of guanidine groups is 1. The molecule has 3 aliphatic rings. The Hall–Kier alpha value is -1.26. The Labute approximate surface area is 121 Å². The van der Waals surface area contributed by atoms with Crippen LogP contribution >= 0.6 is 0 Å². The summed E-state index contributed by atoms with van der Waals surface area (Å²) in [7, 11) is 1.86. The van der Waals surface area contributed by atoms with Crippen molar-refractivity contribution >= 4 is 11.9 Å². The van der Waals surface area contributed by atoms with Crippen molar-refractivity contribution < 1.29 is 4.79 Å². The predicted molar refractivity (Wildman–Crippen MR) is 79.6 cm³/mol. The predicted octanol–water partition coefficient (Wildman–Crippen LogP) is 0.964. The minimum absolute atomic E-state index is 0.142. The molecule has 0 bridgehead atoms. The highest BCUT2D eigenvalue weighted by molar-refractivity contribution is 5.81. The van der Waals surface area contributed by atoms with Gasteiger partial charge >= 0.3 is 0 Å². The van der Waals surface area contributed by atoms with Gasteiger partial charge in [0.2, 0.25) is 5.91 Å². The Kier molecular flexibility index (Phi) is 3.85. The lowest BCUT2D eigenvalue weighted by Gasteiger charge is -2.41. The Morgan fingerprint density at radius 3 is 2.95 bits per heavy atom. The molecule has 2 saturated heterocycles. The van der Waals surface area contributed by atoms with Crippen LogP contribution in [-0.4, -0.2) is 50.0 Å². The van der Waals surface area contributed by atoms with E-state index in [-0.39, 0.29) is 11.3 Å². The lowest BCUT2D eigenvalue weighted by atomic mass is 9.79. The molecule has 20 heavy (non-hydrogen) atoms. The second-order valence-electron chi connectivity index (χ2n) is 6.70. The lowest BCUT2D eigenvalue weighted by Crippen LogP contribution is -2.52. The van der Waals surface area contributed by atoms with Crippen LogP contribution < -0.4 is 10.6 Å². The highest BCUT2D eigenvalue weighted by Gasteiger charge is 2.42. The van der Waals surface area contributed by atoms with Crippen molar-refractivity contribution in [3.05, 3.63) is 0 Å². The van der Waals surface area contributed by atoms with Crippen molar-refractivity contribution in [2.24, 2.45) is 16.3 Å². The van der Waals surface area contributed by atoms with Crippen molar-refractivity contribution in [3.8, 4) is 0 Å². The Morgan fingerprint density at radius 1 is 1.50 bits per heavy atom. The number of nitrogens with zero attached hydrogens (tertiary/aromatic N) is 2. The van der Waals surface area contributed by atoms with Crippen LogP contribution in [0.1, 0.15) is 38.5 Å². The molecule has 0 aromatic heterocycles. The molecule has 1 unspecified atom stereocenters. The second-order valence-corrected chi connectivity index (χ2v) is 6.70. The van der Waals surface area contributed by atoms with Crippen molar-refractivity contribution in [1.29, 1.82) is 0 Å². The normalized spacial score (nSPS) is 31.4. The van der Waals surface area contributed by atoms with Gasteiger partial charge in [0, 0.05) is 45.1 Å². The van der Waals surface area contributed by atoms with Gasteiger partial charge in [-0.25, -0.2) is 0 Å². The molecule has 2 aliphatic heterocycles. The summed E-state index contributed by atoms with van der Waals surface area (Å²) in [5, 5.41) is 6.53. The van der Waals surface area contributed by atoms with E-state index in [0.717, 1.165) is 50.9 Å². The van der Waals surface area contributed by atoms with Gasteiger partial charge in [0.1, 0.15) is 0 Å². The fourth-order valence-electron chi connectivity index (χ4n) is 3.69. The van der Waals surface area contributed by atoms with Gasteiger partial charge in [-0.3, -0.25) is 9.79 Å². The van der Waals surface area contributed by atoms with Crippen LogP contribution in [0.4, 0.5) is 0 Å². The molecule has 1 saturated carbocycles. The highest BCUT2D eigenvalue weighted by atomic mass is 16.1. The van der Waals surface area contributed by atoms with Gasteiger partial charge in [-0.05, 0) is 31.6 Å². The average molecular weight is 278 g/mol. The zero-order chi connectivity index (χ0) is 14.0. The van der Waals surface area contributed by atoms with Crippen LogP contribution in [0.5, 0.6) is 0 Å². The standard InChI is InChI=1S/C15H26N4O/c1-16-14(17-9-12-4-2-5-12)19-7-3-6-15(11-19)8-13(20)18-10-15/h12H,2-11H2,1H3,(H,16,17)(H,18,20). The fourth-order valence-corrected chi connectivity index (χ4v) is 3.69. The maximum Gasteiger partial charge on any atom is 0.220 e. The van der Waals surface area contributed by atoms with Gasteiger partial charge in [-0.2, -0.15) is 0 Å². The zero-order valence-corrected chi connectivity index (χ0v) is 12.5. The molecule has 1 spiro atoms. The maximum absolute atomic E-state index is 11.5. The number of hydrogen-bond donors (Lipinski definition) is 2. The van der Waals surface area contributed by atoms with Gasteiger partial charge in [0.25, 0.3) is 0 Å². The first kappa shape index (κ1) is 13.7. The third-order valence-corrected chi connectivity index (χ3v) is 5.14. The van der Waals surface area contributed by atoms with Crippen LogP contribution in [0.2, 0.25) is 0 Å². The molecule has 0 radical (unpaired) electrons. The maximum atomic E-state index is 11.5. The van der Waals surface area contributed by atoms with Crippen molar-refractivity contribution in [1.82, 2.24) is 15.5 Å². The molecule has 2 heterocycles. The number of amides is 1. The van der Waals surface area contributed by atoms with Crippen LogP contribution in [0.25, 0.3) is 0 Å². The van der Waals surface area contributed by atoms with Crippen LogP contribution in [-0.2, 0) is 4.79 Å². The van der Waals surface area contributed by atoms with Crippen molar-refractivity contribution in [2.75, 3.05) is 33.2 Å². The smallest absolute Gasteiger partial charge is 0.220 e. The van der Waals surface area contributed by atoms with Crippen LogP contribution in [0.3, 0.4) is 0 Å². The Balaban J connectivity index is 1.58. The van der Waals surface area contributed by atoms with Crippen LogP contribution in [0.15, 0.2) is 4.99 Å². The van der Waals surface area contributed by atoms with Gasteiger partial charge in [-0.1, -0.05) is 6.42 Å². The molecule has 0 aromatic carbocycles. The van der Waals surface area contributed by atoms with Crippen molar-refractivity contribution in [2.45, 2.75) is 38.5 Å². The summed E-state index contributed by atoms with van der Waals surface area (Å²) < 4.78 is 0. The molecular formula is C15H26N4O. The number of carbonyl (C=O) groups is 1. The van der Waals surface area contributed by atoms with E-state index in [4.69, 9.17) is 0 Å². The molecule has 112 valence electrons. The van der Waals surface area contributed by atoms with E-state index in [2.05, 4.69) is 20.5 Å². The molecule has 0 aromatic rings. The number of nitrogens with one attached hydrogen (secondary N) is 2. The van der Waals surface area contributed by atoms with Crippen molar-refractivity contribution in [3.63, 3.8) is 0 Å². The Bertz CT molecular complexity index is 405. The number of piperidine rings is 1. The second kappa shape index (κ2) is 5.62. The largest absolute Gasteiger partial charge is 0.356 e. The zero-order valence-electron chi connectivity index (χ0n) is 12.5. The molecule has 5 heteroatoms. The van der Waals surface area contributed by atoms with E-state index < -0.39 is 0 Å². The quantitative estimate of drug-likeness (QED) is 0.584. The van der Waals surface area contributed by atoms with Gasteiger partial charge < -0.3 is 15.5 Å². The van der Waals surface area contributed by atoms with Gasteiger partial charge in [0.05, 0.1) is 0 Å². The van der Waals surface area contributed by atoms with E-state index in [1.165, 1.54) is 19.3 Å². The Morgan fingerprint density at radius 2 is 2.35 bits per heavy atom. The summed E-state index contributed by atoms with van der Waals surface area (Å²) in [6, 6.07) is 0. The molecule has 1 atom stereocenters. The molecule has 5 nitrogen and oxygen atoms in total. The number of aliphatic imine (C=N–C) groups is 1. The third-order valence-electron chi connectivity index (χ3n) is 5.14. The first-order valence-corrected chi connectivity index (χ1v) is 7.93. The third kappa shape index (κ3) is 2.76. The lowest BCUT2D eigenvalue weighted by molar-refractivity contribution is -0.119. The molecular weight excluding hydrogens is 252 g/mol. The molecule has 3 rings (SSSR count). The molecule has 1 aliphatic carbocycles. The summed E-state index contributed by atoms with van der Waals surface area (Å²) in [6.07, 6.45) is 7.08. The van der Waals surface area contributed by atoms with Crippen LogP contribution in [0, 0.1) is 11.3 Å². The summed E-state index contributed by atoms with van der Waals surface area (Å²) >= 11 is 0. The number of hydrogen-bond acceptors (Lipinski definition) is 2. The summed E-state index contributed by atoms with van der Waals surface area (Å²) in [6.45, 7) is 3.89. The average Bonchev–Trinajstić information content (AvgIpc) is 2.73. The minimum atomic E-state index is 0.142. The monoisotopic (exact) mass is 278 g/mol. The van der Waals surface area contributed by atoms with E-state index in [0.29, 0.717) is 6.42 Å². The summed E-state index contributed by atoms with van der Waals surface area (Å²) in [5.41, 5.74) is 0.142. The van der Waals surface area contributed by atoms with Gasteiger partial charge in [-0.15, -0.1) is 0 Å².